The third kappa shape index (κ3) is 4.66. The molecule has 196 valence electrons. The molecule has 0 aromatic heterocycles. The first kappa shape index (κ1) is 24.5. The number of esters is 1. The molecule has 0 bridgehead atoms. The normalized spacial score (nSPS) is 32.5. The van der Waals surface area contributed by atoms with Crippen molar-refractivity contribution in [3.8, 4) is 5.75 Å². The number of fused-ring (bicyclic) bond motifs is 3. The van der Waals surface area contributed by atoms with Crippen molar-refractivity contribution in [2.75, 3.05) is 31.7 Å². The van der Waals surface area contributed by atoms with Gasteiger partial charge in [-0.2, -0.15) is 0 Å². The Balaban J connectivity index is 1.09. The van der Waals surface area contributed by atoms with Gasteiger partial charge in [0.05, 0.1) is 42.8 Å². The fourth-order valence-corrected chi connectivity index (χ4v) is 6.71. The Bertz CT molecular complexity index is 1180. The topological polar surface area (TPSA) is 77.0 Å². The van der Waals surface area contributed by atoms with E-state index >= 15 is 0 Å². The van der Waals surface area contributed by atoms with E-state index in [1.807, 2.05) is 12.1 Å². The van der Waals surface area contributed by atoms with Crippen molar-refractivity contribution in [2.45, 2.75) is 62.1 Å². The molecule has 2 aliphatic heterocycles. The van der Waals surface area contributed by atoms with Crippen LogP contribution in [0.25, 0.3) is 0 Å². The average molecular weight is 504 g/mol. The van der Waals surface area contributed by atoms with Crippen LogP contribution in [0.2, 0.25) is 0 Å². The van der Waals surface area contributed by atoms with Crippen molar-refractivity contribution in [3.63, 3.8) is 0 Å². The number of anilines is 1. The number of benzene rings is 2. The largest absolute Gasteiger partial charge is 0.490 e. The number of ether oxygens (including phenoxy) is 3. The van der Waals surface area contributed by atoms with Crippen LogP contribution in [0.5, 0.6) is 5.75 Å². The van der Waals surface area contributed by atoms with E-state index in [1.54, 1.807) is 12.1 Å². The molecular weight excluding hydrogens is 466 g/mol. The second-order valence-electron chi connectivity index (χ2n) is 11.4. The maximum absolute atomic E-state index is 13.0. The molecule has 1 unspecified atom stereocenters. The quantitative estimate of drug-likeness (QED) is 0.440. The maximum atomic E-state index is 13.0. The summed E-state index contributed by atoms with van der Waals surface area (Å²) in [5, 5.41) is 14.2. The lowest BCUT2D eigenvalue weighted by atomic mass is 9.68. The number of hydrogen-bond donors (Lipinski definition) is 2. The number of nitrogens with one attached hydrogen (secondary N) is 1. The SMILES string of the molecule is C=C[C@]1(O)CCO[C@H]([C@@H]2CC[C@H]2COC(=O)c2ccc3c(c2)NCC2(CCCc4ccccc42)CO3)C1. The van der Waals surface area contributed by atoms with Gasteiger partial charge in [-0.1, -0.05) is 30.3 Å². The highest BCUT2D eigenvalue weighted by Gasteiger charge is 2.44. The molecule has 2 heterocycles. The molecule has 0 radical (unpaired) electrons. The summed E-state index contributed by atoms with van der Waals surface area (Å²) >= 11 is 0. The van der Waals surface area contributed by atoms with Crippen LogP contribution in [-0.2, 0) is 21.3 Å². The molecule has 6 rings (SSSR count). The summed E-state index contributed by atoms with van der Waals surface area (Å²) in [5.74, 6) is 1.02. The van der Waals surface area contributed by atoms with E-state index < -0.39 is 5.60 Å². The minimum absolute atomic E-state index is 0.0136. The molecule has 2 aromatic carbocycles. The first-order valence-corrected chi connectivity index (χ1v) is 13.7. The molecule has 2 aliphatic carbocycles. The van der Waals surface area contributed by atoms with Gasteiger partial charge in [0.15, 0.2) is 0 Å². The number of carbonyl (C=O) groups is 1. The third-order valence-corrected chi connectivity index (χ3v) is 9.21. The second kappa shape index (κ2) is 9.80. The first-order chi connectivity index (χ1) is 18.0. The van der Waals surface area contributed by atoms with E-state index in [2.05, 4.69) is 36.2 Å². The molecule has 0 amide bonds. The zero-order chi connectivity index (χ0) is 25.5. The Kier molecular flexibility index (Phi) is 6.49. The molecule has 1 saturated heterocycles. The maximum Gasteiger partial charge on any atom is 0.338 e. The summed E-state index contributed by atoms with van der Waals surface area (Å²) in [4.78, 5) is 13.0. The fourth-order valence-electron chi connectivity index (χ4n) is 6.71. The van der Waals surface area contributed by atoms with Crippen molar-refractivity contribution in [1.82, 2.24) is 0 Å². The van der Waals surface area contributed by atoms with Crippen LogP contribution in [0.15, 0.2) is 55.1 Å². The Labute approximate surface area is 219 Å². The van der Waals surface area contributed by atoms with Crippen LogP contribution in [0.1, 0.15) is 60.0 Å². The zero-order valence-corrected chi connectivity index (χ0v) is 21.4. The number of aryl methyl sites for hydroxylation is 1. The highest BCUT2D eigenvalue weighted by Crippen LogP contribution is 2.44. The number of hydrogen-bond acceptors (Lipinski definition) is 6. The van der Waals surface area contributed by atoms with Crippen molar-refractivity contribution < 1.29 is 24.1 Å². The van der Waals surface area contributed by atoms with E-state index in [1.165, 1.54) is 11.1 Å². The summed E-state index contributed by atoms with van der Waals surface area (Å²) in [7, 11) is 0. The molecule has 2 N–H and O–H groups in total. The van der Waals surface area contributed by atoms with Crippen molar-refractivity contribution in [3.05, 3.63) is 71.8 Å². The van der Waals surface area contributed by atoms with Crippen LogP contribution >= 0.6 is 0 Å². The van der Waals surface area contributed by atoms with Gasteiger partial charge in [-0.05, 0) is 73.3 Å². The zero-order valence-electron chi connectivity index (χ0n) is 21.4. The Morgan fingerprint density at radius 2 is 2.11 bits per heavy atom. The molecule has 6 nitrogen and oxygen atoms in total. The first-order valence-electron chi connectivity index (χ1n) is 13.7. The molecule has 2 fully saturated rings. The van der Waals surface area contributed by atoms with Crippen molar-refractivity contribution in [2.24, 2.45) is 11.8 Å². The summed E-state index contributed by atoms with van der Waals surface area (Å²) in [6.45, 7) is 6.10. The average Bonchev–Trinajstić information content (AvgIpc) is 3.08. The molecule has 1 spiro atoms. The van der Waals surface area contributed by atoms with Crippen LogP contribution in [0, 0.1) is 11.8 Å². The van der Waals surface area contributed by atoms with Gasteiger partial charge in [-0.3, -0.25) is 0 Å². The van der Waals surface area contributed by atoms with Crippen molar-refractivity contribution >= 4 is 11.7 Å². The van der Waals surface area contributed by atoms with Crippen LogP contribution < -0.4 is 10.1 Å². The van der Waals surface area contributed by atoms with E-state index in [0.29, 0.717) is 44.1 Å². The van der Waals surface area contributed by atoms with Crippen molar-refractivity contribution in [1.29, 1.82) is 0 Å². The second-order valence-corrected chi connectivity index (χ2v) is 11.4. The van der Waals surface area contributed by atoms with Gasteiger partial charge < -0.3 is 24.6 Å². The monoisotopic (exact) mass is 503 g/mol. The van der Waals surface area contributed by atoms with E-state index in [9.17, 15) is 9.90 Å². The summed E-state index contributed by atoms with van der Waals surface area (Å²) < 4.78 is 18.0. The molecule has 37 heavy (non-hydrogen) atoms. The number of rotatable bonds is 5. The fraction of sp³-hybridized carbons (Fsp3) is 0.516. The Morgan fingerprint density at radius 3 is 2.95 bits per heavy atom. The molecule has 2 aromatic rings. The lowest BCUT2D eigenvalue weighted by Crippen LogP contribution is -2.48. The van der Waals surface area contributed by atoms with Gasteiger partial charge in [0.2, 0.25) is 0 Å². The molecule has 4 aliphatic rings. The molecule has 6 heteroatoms. The molecular formula is C31H37NO5. The predicted molar refractivity (Wildman–Crippen MR) is 142 cm³/mol. The molecule has 5 atom stereocenters. The summed E-state index contributed by atoms with van der Waals surface area (Å²) in [6.07, 6.45) is 8.16. The van der Waals surface area contributed by atoms with Gasteiger partial charge >= 0.3 is 5.97 Å². The lowest BCUT2D eigenvalue weighted by molar-refractivity contribution is -0.131. The molecule has 1 saturated carbocycles. The van der Waals surface area contributed by atoms with E-state index in [4.69, 9.17) is 14.2 Å². The summed E-state index contributed by atoms with van der Waals surface area (Å²) in [6, 6.07) is 14.2. The van der Waals surface area contributed by atoms with E-state index in [-0.39, 0.29) is 23.4 Å². The van der Waals surface area contributed by atoms with E-state index in [0.717, 1.165) is 50.1 Å². The van der Waals surface area contributed by atoms with Gasteiger partial charge in [-0.25, -0.2) is 4.79 Å². The van der Waals surface area contributed by atoms with Gasteiger partial charge in [-0.15, -0.1) is 6.58 Å². The minimum atomic E-state index is -0.852. The standard InChI is InChI=1S/C31H37NO5/c1-2-31(34)14-15-35-28(17-31)24-11-9-23(24)18-36-29(33)22-10-12-27-26(16-22)32-19-30(20-37-27)13-5-7-21-6-3-4-8-25(21)30/h2-4,6,8,10,12,16,23-24,28,32,34H,1,5,7,9,11,13-15,17-20H2/t23-,24+,28-,30?,31-/m0/s1. The Hall–Kier alpha value is -2.83. The van der Waals surface area contributed by atoms with Crippen LogP contribution in [0.3, 0.4) is 0 Å². The highest BCUT2D eigenvalue weighted by atomic mass is 16.5. The Morgan fingerprint density at radius 1 is 1.22 bits per heavy atom. The summed E-state index contributed by atoms with van der Waals surface area (Å²) in [5.41, 5.74) is 3.25. The van der Waals surface area contributed by atoms with Gasteiger partial charge in [0, 0.05) is 24.8 Å². The van der Waals surface area contributed by atoms with Crippen LogP contribution in [0.4, 0.5) is 5.69 Å². The number of carbonyl (C=O) groups excluding carboxylic acids is 1. The predicted octanol–water partition coefficient (Wildman–Crippen LogP) is 5.04. The highest BCUT2D eigenvalue weighted by molar-refractivity contribution is 5.91. The third-order valence-electron chi connectivity index (χ3n) is 9.21. The minimum Gasteiger partial charge on any atom is -0.490 e. The van der Waals surface area contributed by atoms with Crippen LogP contribution in [-0.4, -0.2) is 49.1 Å². The lowest BCUT2D eigenvalue weighted by Gasteiger charge is -2.45. The van der Waals surface area contributed by atoms with Gasteiger partial charge in [0.1, 0.15) is 5.75 Å². The number of aliphatic hydroxyl groups is 1. The van der Waals surface area contributed by atoms with Gasteiger partial charge in [0.25, 0.3) is 0 Å². The smallest absolute Gasteiger partial charge is 0.338 e.